The third-order valence-electron chi connectivity index (χ3n) is 7.84. The van der Waals surface area contributed by atoms with E-state index in [1.807, 2.05) is 12.1 Å². The second-order valence-electron chi connectivity index (χ2n) is 9.72. The molecule has 2 fully saturated rings. The lowest BCUT2D eigenvalue weighted by Gasteiger charge is -2.42. The molecule has 2 aromatic rings. The molecule has 0 nitrogen and oxygen atoms in total. The van der Waals surface area contributed by atoms with Crippen LogP contribution in [0.15, 0.2) is 30.3 Å². The summed E-state index contributed by atoms with van der Waals surface area (Å²) in [7, 11) is 0. The van der Waals surface area contributed by atoms with Crippen LogP contribution in [0.3, 0.4) is 0 Å². The van der Waals surface area contributed by atoms with Gasteiger partial charge in [-0.25, -0.2) is 8.78 Å². The fourth-order valence-corrected chi connectivity index (χ4v) is 6.19. The summed E-state index contributed by atoms with van der Waals surface area (Å²) in [6.07, 6.45) is 15.7. The van der Waals surface area contributed by atoms with Gasteiger partial charge < -0.3 is 0 Å². The summed E-state index contributed by atoms with van der Waals surface area (Å²) < 4.78 is 29.4. The minimum absolute atomic E-state index is 0.180. The number of halogens is 2. The van der Waals surface area contributed by atoms with Crippen molar-refractivity contribution in [3.63, 3.8) is 0 Å². The van der Waals surface area contributed by atoms with Crippen LogP contribution in [0.25, 0.3) is 10.8 Å². The third kappa shape index (κ3) is 4.67. The third-order valence-corrected chi connectivity index (χ3v) is 7.84. The topological polar surface area (TPSA) is 0 Å². The standard InChI is InChI=1S/C27H36F2/c1-2-3-4-5-6-8-19-11-12-22-18-23(14-13-21(22)17-19)24-16-15-20-9-7-10-25(28)26(20)27(24)29/h7,9-10,15-16,19,21-23H,2-6,8,11-14,17-18H2,1H3. The lowest BCUT2D eigenvalue weighted by Crippen LogP contribution is -2.30. The molecule has 2 aliphatic rings. The fourth-order valence-electron chi connectivity index (χ4n) is 6.19. The number of benzene rings is 2. The van der Waals surface area contributed by atoms with Gasteiger partial charge in [-0.2, -0.15) is 0 Å². The molecule has 2 aromatic carbocycles. The van der Waals surface area contributed by atoms with Gasteiger partial charge in [0, 0.05) is 0 Å². The van der Waals surface area contributed by atoms with E-state index in [2.05, 4.69) is 6.92 Å². The Morgan fingerprint density at radius 2 is 1.62 bits per heavy atom. The Hall–Kier alpha value is -1.44. The zero-order valence-corrected chi connectivity index (χ0v) is 17.9. The maximum absolute atomic E-state index is 15.2. The van der Waals surface area contributed by atoms with Gasteiger partial charge in [0.15, 0.2) is 0 Å². The molecule has 0 N–H and O–H groups in total. The van der Waals surface area contributed by atoms with Crippen LogP contribution in [0.4, 0.5) is 8.78 Å². The number of rotatable bonds is 7. The van der Waals surface area contributed by atoms with Crippen molar-refractivity contribution in [3.8, 4) is 0 Å². The molecule has 0 aliphatic heterocycles. The Kier molecular flexibility index (Phi) is 6.88. The largest absolute Gasteiger partial charge is 0.206 e. The molecule has 0 amide bonds. The monoisotopic (exact) mass is 398 g/mol. The summed E-state index contributed by atoms with van der Waals surface area (Å²) >= 11 is 0. The smallest absolute Gasteiger partial charge is 0.137 e. The number of fused-ring (bicyclic) bond motifs is 2. The molecule has 4 rings (SSSR count). The quantitative estimate of drug-likeness (QED) is 0.409. The first-order valence-corrected chi connectivity index (χ1v) is 12.0. The van der Waals surface area contributed by atoms with E-state index in [-0.39, 0.29) is 17.1 Å². The summed E-state index contributed by atoms with van der Waals surface area (Å²) in [4.78, 5) is 0. The zero-order valence-electron chi connectivity index (χ0n) is 17.9. The first kappa shape index (κ1) is 20.8. The second kappa shape index (κ2) is 9.58. The zero-order chi connectivity index (χ0) is 20.2. The first-order chi connectivity index (χ1) is 14.2. The van der Waals surface area contributed by atoms with E-state index in [9.17, 15) is 4.39 Å². The van der Waals surface area contributed by atoms with Gasteiger partial charge in [0.25, 0.3) is 0 Å². The van der Waals surface area contributed by atoms with Crippen LogP contribution >= 0.6 is 0 Å². The maximum atomic E-state index is 15.2. The Balaban J connectivity index is 1.36. The highest BCUT2D eigenvalue weighted by Gasteiger charge is 2.36. The minimum atomic E-state index is -0.435. The average Bonchev–Trinajstić information content (AvgIpc) is 2.73. The molecular weight excluding hydrogens is 362 g/mol. The van der Waals surface area contributed by atoms with Crippen molar-refractivity contribution in [1.29, 1.82) is 0 Å². The molecule has 4 atom stereocenters. The van der Waals surface area contributed by atoms with E-state index in [1.165, 1.54) is 70.3 Å². The van der Waals surface area contributed by atoms with E-state index < -0.39 is 5.82 Å². The fraction of sp³-hybridized carbons (Fsp3) is 0.630. The van der Waals surface area contributed by atoms with Crippen molar-refractivity contribution in [2.45, 2.75) is 89.9 Å². The molecule has 0 bridgehead atoms. The summed E-state index contributed by atoms with van der Waals surface area (Å²) in [6.45, 7) is 2.28. The molecular formula is C27H36F2. The van der Waals surface area contributed by atoms with Crippen LogP contribution in [0.1, 0.15) is 95.5 Å². The predicted octanol–water partition coefficient (Wildman–Crippen LogP) is 8.78. The predicted molar refractivity (Wildman–Crippen MR) is 118 cm³/mol. The summed E-state index contributed by atoms with van der Waals surface area (Å²) in [5, 5.41) is 0.846. The molecule has 4 unspecified atom stereocenters. The van der Waals surface area contributed by atoms with Crippen molar-refractivity contribution >= 4 is 10.8 Å². The average molecular weight is 399 g/mol. The van der Waals surface area contributed by atoms with Crippen LogP contribution in [0.5, 0.6) is 0 Å². The lowest BCUT2D eigenvalue weighted by molar-refractivity contribution is 0.112. The summed E-state index contributed by atoms with van der Waals surface area (Å²) in [6, 6.07) is 8.65. The number of unbranched alkanes of at least 4 members (excludes halogenated alkanes) is 4. The normalized spacial score (nSPS) is 27.1. The Bertz CT molecular complexity index is 812. The van der Waals surface area contributed by atoms with Gasteiger partial charge in [-0.3, -0.25) is 0 Å². The highest BCUT2D eigenvalue weighted by atomic mass is 19.1. The van der Waals surface area contributed by atoms with Gasteiger partial charge in [0.2, 0.25) is 0 Å². The lowest BCUT2D eigenvalue weighted by atomic mass is 9.63. The van der Waals surface area contributed by atoms with E-state index in [4.69, 9.17) is 0 Å². The molecule has 0 spiro atoms. The van der Waals surface area contributed by atoms with E-state index in [0.29, 0.717) is 5.39 Å². The second-order valence-corrected chi connectivity index (χ2v) is 9.72. The summed E-state index contributed by atoms with van der Waals surface area (Å²) in [5.41, 5.74) is 0.749. The Morgan fingerprint density at radius 3 is 2.48 bits per heavy atom. The van der Waals surface area contributed by atoms with Crippen molar-refractivity contribution in [1.82, 2.24) is 0 Å². The molecule has 0 heterocycles. The molecule has 2 heteroatoms. The van der Waals surface area contributed by atoms with Crippen molar-refractivity contribution in [2.75, 3.05) is 0 Å². The van der Waals surface area contributed by atoms with Crippen molar-refractivity contribution < 1.29 is 8.78 Å². The van der Waals surface area contributed by atoms with Gasteiger partial charge in [-0.1, -0.05) is 76.1 Å². The molecule has 29 heavy (non-hydrogen) atoms. The van der Waals surface area contributed by atoms with Gasteiger partial charge >= 0.3 is 0 Å². The van der Waals surface area contributed by atoms with Crippen molar-refractivity contribution in [3.05, 3.63) is 47.5 Å². The minimum Gasteiger partial charge on any atom is -0.206 e. The van der Waals surface area contributed by atoms with Crippen LogP contribution in [-0.4, -0.2) is 0 Å². The highest BCUT2D eigenvalue weighted by molar-refractivity contribution is 5.84. The van der Waals surface area contributed by atoms with E-state index in [1.54, 1.807) is 12.1 Å². The van der Waals surface area contributed by atoms with Gasteiger partial charge in [0.1, 0.15) is 11.6 Å². The van der Waals surface area contributed by atoms with Crippen LogP contribution in [0, 0.1) is 29.4 Å². The van der Waals surface area contributed by atoms with Crippen LogP contribution in [0.2, 0.25) is 0 Å². The van der Waals surface area contributed by atoms with Gasteiger partial charge in [-0.15, -0.1) is 0 Å². The van der Waals surface area contributed by atoms with E-state index in [0.717, 1.165) is 36.2 Å². The summed E-state index contributed by atoms with van der Waals surface area (Å²) in [5.74, 6) is 1.99. The molecule has 158 valence electrons. The molecule has 0 aromatic heterocycles. The Morgan fingerprint density at radius 1 is 0.828 bits per heavy atom. The highest BCUT2D eigenvalue weighted by Crippen LogP contribution is 2.49. The van der Waals surface area contributed by atoms with Crippen LogP contribution < -0.4 is 0 Å². The Labute approximate surface area is 175 Å². The van der Waals surface area contributed by atoms with Crippen molar-refractivity contribution in [2.24, 2.45) is 17.8 Å². The number of hydrogen-bond donors (Lipinski definition) is 0. The molecule has 2 aliphatic carbocycles. The number of hydrogen-bond acceptors (Lipinski definition) is 0. The first-order valence-electron chi connectivity index (χ1n) is 12.0. The molecule has 0 radical (unpaired) electrons. The van der Waals surface area contributed by atoms with Gasteiger partial charge in [0.05, 0.1) is 5.39 Å². The van der Waals surface area contributed by atoms with E-state index >= 15 is 4.39 Å². The van der Waals surface area contributed by atoms with Gasteiger partial charge in [-0.05, 0) is 72.8 Å². The SMILES string of the molecule is CCCCCCCC1CCC2CC(c3ccc4cccc(F)c4c3F)CCC2C1. The molecule has 2 saturated carbocycles. The maximum Gasteiger partial charge on any atom is 0.137 e. The molecule has 0 saturated heterocycles. The van der Waals surface area contributed by atoms with Crippen LogP contribution in [-0.2, 0) is 0 Å².